The van der Waals surface area contributed by atoms with Crippen LogP contribution < -0.4 is 10.1 Å². The van der Waals surface area contributed by atoms with Crippen LogP contribution in [-0.2, 0) is 20.5 Å². The number of carbonyl (C=O) groups excluding carboxylic acids is 3. The van der Waals surface area contributed by atoms with Crippen LogP contribution in [-0.4, -0.2) is 53.5 Å². The highest BCUT2D eigenvalue weighted by molar-refractivity contribution is 5.90. The molecule has 10 heteroatoms. The van der Waals surface area contributed by atoms with Gasteiger partial charge in [0.05, 0.1) is 11.1 Å². The number of ether oxygens (including phenoxy) is 2. The number of alkyl halides is 3. The summed E-state index contributed by atoms with van der Waals surface area (Å²) in [6, 6.07) is 11.1. The second kappa shape index (κ2) is 12.5. The van der Waals surface area contributed by atoms with Gasteiger partial charge < -0.3 is 19.7 Å². The summed E-state index contributed by atoms with van der Waals surface area (Å²) in [5.74, 6) is -0.491. The van der Waals surface area contributed by atoms with Gasteiger partial charge in [0.1, 0.15) is 17.4 Å². The average molecular weight is 575 g/mol. The molecule has 2 aromatic carbocycles. The molecule has 0 bridgehead atoms. The highest BCUT2D eigenvalue weighted by Gasteiger charge is 2.36. The lowest BCUT2D eigenvalue weighted by molar-refractivity contribution is -0.140. The average Bonchev–Trinajstić information content (AvgIpc) is 3.42. The number of esters is 1. The van der Waals surface area contributed by atoms with Crippen molar-refractivity contribution in [3.05, 3.63) is 65.2 Å². The predicted molar refractivity (Wildman–Crippen MR) is 146 cm³/mol. The van der Waals surface area contributed by atoms with Crippen molar-refractivity contribution in [3.8, 4) is 5.75 Å². The molecule has 222 valence electrons. The van der Waals surface area contributed by atoms with Gasteiger partial charge in [-0.15, -0.1) is 0 Å². The second-order valence-electron chi connectivity index (χ2n) is 11.7. The summed E-state index contributed by atoms with van der Waals surface area (Å²) in [6.07, 6.45) is 0.0651. The first-order valence-corrected chi connectivity index (χ1v) is 14.0. The molecule has 1 aliphatic heterocycles. The van der Waals surface area contributed by atoms with Gasteiger partial charge in [-0.25, -0.2) is 4.79 Å². The third kappa shape index (κ3) is 8.24. The molecule has 1 heterocycles. The zero-order valence-electron chi connectivity index (χ0n) is 23.6. The summed E-state index contributed by atoms with van der Waals surface area (Å²) in [5, 5.41) is 3.11. The third-order valence-electron chi connectivity index (χ3n) is 7.49. The van der Waals surface area contributed by atoms with Crippen LogP contribution in [0.1, 0.15) is 86.7 Å². The summed E-state index contributed by atoms with van der Waals surface area (Å²) in [5.41, 5.74) is 0.248. The molecule has 0 radical (unpaired) electrons. The number of rotatable bonds is 7. The SMILES string of the molecule is CC(C)(C)OC(=O)c1cccc(C2CCC(NC(=O)[C@H]3CCCN3C(=O)COc3ccc(C(F)(F)F)cc3)CC2)c1. The Kier molecular flexibility index (Phi) is 9.29. The van der Waals surface area contributed by atoms with Crippen LogP contribution >= 0.6 is 0 Å². The Bertz CT molecular complexity index is 1230. The fraction of sp³-hybridized carbons (Fsp3) is 0.516. The van der Waals surface area contributed by atoms with E-state index < -0.39 is 23.4 Å². The maximum absolute atomic E-state index is 13.1. The molecule has 2 fully saturated rings. The van der Waals surface area contributed by atoms with Crippen molar-refractivity contribution in [1.29, 1.82) is 0 Å². The number of likely N-dealkylation sites (tertiary alicyclic amines) is 1. The van der Waals surface area contributed by atoms with Crippen LogP contribution in [0.2, 0.25) is 0 Å². The number of nitrogens with zero attached hydrogens (tertiary/aromatic N) is 1. The van der Waals surface area contributed by atoms with E-state index in [4.69, 9.17) is 9.47 Å². The third-order valence-corrected chi connectivity index (χ3v) is 7.49. The molecule has 1 saturated carbocycles. The highest BCUT2D eigenvalue weighted by Crippen LogP contribution is 2.34. The minimum absolute atomic E-state index is 0.00580. The van der Waals surface area contributed by atoms with Crippen molar-refractivity contribution in [2.75, 3.05) is 13.2 Å². The topological polar surface area (TPSA) is 84.9 Å². The Balaban J connectivity index is 1.26. The number of hydrogen-bond acceptors (Lipinski definition) is 5. The van der Waals surface area contributed by atoms with Crippen molar-refractivity contribution in [2.24, 2.45) is 0 Å². The lowest BCUT2D eigenvalue weighted by Gasteiger charge is -2.31. The van der Waals surface area contributed by atoms with E-state index in [0.29, 0.717) is 24.9 Å². The second-order valence-corrected chi connectivity index (χ2v) is 11.7. The molecule has 2 aliphatic rings. The van der Waals surface area contributed by atoms with Gasteiger partial charge in [0.15, 0.2) is 6.61 Å². The predicted octanol–water partition coefficient (Wildman–Crippen LogP) is 5.87. The van der Waals surface area contributed by atoms with E-state index in [1.165, 1.54) is 17.0 Å². The zero-order chi connectivity index (χ0) is 29.8. The molecule has 2 aromatic rings. The van der Waals surface area contributed by atoms with Gasteiger partial charge in [0, 0.05) is 12.6 Å². The summed E-state index contributed by atoms with van der Waals surface area (Å²) in [4.78, 5) is 39.9. The van der Waals surface area contributed by atoms with E-state index >= 15 is 0 Å². The van der Waals surface area contributed by atoms with Crippen molar-refractivity contribution in [2.45, 2.75) is 89.1 Å². The van der Waals surface area contributed by atoms with Crippen LogP contribution in [0.15, 0.2) is 48.5 Å². The Morgan fingerprint density at radius 2 is 1.63 bits per heavy atom. The van der Waals surface area contributed by atoms with E-state index in [1.54, 1.807) is 6.07 Å². The molecule has 1 atom stereocenters. The monoisotopic (exact) mass is 574 g/mol. The zero-order valence-corrected chi connectivity index (χ0v) is 23.6. The van der Waals surface area contributed by atoms with E-state index in [9.17, 15) is 27.6 Å². The fourth-order valence-electron chi connectivity index (χ4n) is 5.43. The number of nitrogens with one attached hydrogen (secondary N) is 1. The molecule has 1 saturated heterocycles. The van der Waals surface area contributed by atoms with Crippen LogP contribution in [0.3, 0.4) is 0 Å². The van der Waals surface area contributed by atoms with Crippen LogP contribution in [0.25, 0.3) is 0 Å². The van der Waals surface area contributed by atoms with Gasteiger partial charge >= 0.3 is 12.1 Å². The summed E-state index contributed by atoms with van der Waals surface area (Å²) in [6.45, 7) is 5.57. The largest absolute Gasteiger partial charge is 0.484 e. The molecule has 4 rings (SSSR count). The smallest absolute Gasteiger partial charge is 0.416 e. The molecule has 1 N–H and O–H groups in total. The van der Waals surface area contributed by atoms with Gasteiger partial charge in [-0.1, -0.05) is 12.1 Å². The van der Waals surface area contributed by atoms with Gasteiger partial charge in [-0.2, -0.15) is 13.2 Å². The maximum Gasteiger partial charge on any atom is 0.416 e. The van der Waals surface area contributed by atoms with E-state index in [2.05, 4.69) is 5.32 Å². The van der Waals surface area contributed by atoms with Crippen LogP contribution in [0.5, 0.6) is 5.75 Å². The van der Waals surface area contributed by atoms with Gasteiger partial charge in [0.2, 0.25) is 5.91 Å². The minimum Gasteiger partial charge on any atom is -0.484 e. The fourth-order valence-corrected chi connectivity index (χ4v) is 5.43. The number of hydrogen-bond donors (Lipinski definition) is 1. The molecule has 2 amide bonds. The molecular weight excluding hydrogens is 537 g/mol. The molecule has 0 spiro atoms. The lowest BCUT2D eigenvalue weighted by atomic mass is 9.81. The Labute approximate surface area is 238 Å². The normalized spacial score (nSPS) is 21.3. The number of halogens is 3. The molecule has 0 unspecified atom stereocenters. The number of benzene rings is 2. The van der Waals surface area contributed by atoms with Crippen LogP contribution in [0, 0.1) is 0 Å². The molecular formula is C31H37F3N2O5. The summed E-state index contributed by atoms with van der Waals surface area (Å²) in [7, 11) is 0. The first-order chi connectivity index (χ1) is 19.3. The Hall–Kier alpha value is -3.56. The summed E-state index contributed by atoms with van der Waals surface area (Å²) >= 11 is 0. The Morgan fingerprint density at radius 3 is 2.27 bits per heavy atom. The minimum atomic E-state index is -4.45. The summed E-state index contributed by atoms with van der Waals surface area (Å²) < 4.78 is 49.2. The maximum atomic E-state index is 13.1. The Morgan fingerprint density at radius 1 is 0.951 bits per heavy atom. The van der Waals surface area contributed by atoms with Crippen molar-refractivity contribution in [3.63, 3.8) is 0 Å². The van der Waals surface area contributed by atoms with E-state index in [0.717, 1.165) is 43.4 Å². The standard InChI is InChI=1S/C31H37F3N2O5/c1-30(2,3)41-29(39)22-7-4-6-21(18-22)20-9-13-24(14-10-20)35-28(38)26-8-5-17-36(26)27(37)19-40-25-15-11-23(12-16-25)31(32,33)34/h4,6-7,11-12,15-16,18,20,24,26H,5,8-10,13-14,17,19H2,1-3H3,(H,35,38)/t20?,24?,26-/m1/s1. The molecule has 0 aromatic heterocycles. The van der Waals surface area contributed by atoms with E-state index in [1.807, 2.05) is 39.0 Å². The van der Waals surface area contributed by atoms with Gasteiger partial charge in [-0.3, -0.25) is 9.59 Å². The quantitative estimate of drug-likeness (QED) is 0.418. The van der Waals surface area contributed by atoms with E-state index in [-0.39, 0.29) is 42.1 Å². The van der Waals surface area contributed by atoms with Crippen molar-refractivity contribution >= 4 is 17.8 Å². The number of carbonyl (C=O) groups is 3. The molecule has 1 aliphatic carbocycles. The highest BCUT2D eigenvalue weighted by atomic mass is 19.4. The van der Waals surface area contributed by atoms with Crippen LogP contribution in [0.4, 0.5) is 13.2 Å². The molecule has 7 nitrogen and oxygen atoms in total. The lowest BCUT2D eigenvalue weighted by Crippen LogP contribution is -2.50. The van der Waals surface area contributed by atoms with Crippen molar-refractivity contribution < 1.29 is 37.0 Å². The van der Waals surface area contributed by atoms with Gasteiger partial charge in [-0.05, 0) is 107 Å². The number of amides is 2. The van der Waals surface area contributed by atoms with Gasteiger partial charge in [0.25, 0.3) is 5.91 Å². The first kappa shape index (κ1) is 30.4. The van der Waals surface area contributed by atoms with Crippen molar-refractivity contribution in [1.82, 2.24) is 10.2 Å². The first-order valence-electron chi connectivity index (χ1n) is 14.0. The molecule has 41 heavy (non-hydrogen) atoms.